The standard InChI is InChI=1S/C15H15ClN2S/c1-10-5-6-13-14(8-10)18(15(17-13)11(2)16)9-12-4-3-7-19-12/h3-8,11H,9H2,1-2H3. The molecule has 2 nitrogen and oxygen atoms in total. The van der Waals surface area contributed by atoms with Crippen LogP contribution in [0.3, 0.4) is 0 Å². The Kier molecular flexibility index (Phi) is 3.33. The molecule has 0 aliphatic heterocycles. The van der Waals surface area contributed by atoms with Gasteiger partial charge in [0.15, 0.2) is 0 Å². The molecule has 4 heteroatoms. The summed E-state index contributed by atoms with van der Waals surface area (Å²) in [7, 11) is 0. The molecule has 0 aliphatic carbocycles. The Balaban J connectivity index is 2.18. The number of hydrogen-bond acceptors (Lipinski definition) is 2. The van der Waals surface area contributed by atoms with Crippen LogP contribution in [0.1, 0.15) is 28.6 Å². The number of benzene rings is 1. The van der Waals surface area contributed by atoms with Crippen molar-refractivity contribution in [1.82, 2.24) is 9.55 Å². The van der Waals surface area contributed by atoms with Gasteiger partial charge in [0.05, 0.1) is 23.0 Å². The van der Waals surface area contributed by atoms with Crippen molar-refractivity contribution >= 4 is 34.0 Å². The molecule has 2 aromatic heterocycles. The van der Waals surface area contributed by atoms with Crippen molar-refractivity contribution in [2.45, 2.75) is 25.8 Å². The smallest absolute Gasteiger partial charge is 0.128 e. The SMILES string of the molecule is Cc1ccc2nc(C(C)Cl)n(Cc3cccs3)c2c1. The molecule has 0 amide bonds. The number of alkyl halides is 1. The summed E-state index contributed by atoms with van der Waals surface area (Å²) >= 11 is 8.04. The zero-order chi connectivity index (χ0) is 13.4. The van der Waals surface area contributed by atoms with E-state index < -0.39 is 0 Å². The third kappa shape index (κ3) is 2.40. The van der Waals surface area contributed by atoms with Gasteiger partial charge in [-0.15, -0.1) is 22.9 Å². The monoisotopic (exact) mass is 290 g/mol. The molecule has 0 spiro atoms. The van der Waals surface area contributed by atoms with Crippen LogP contribution in [0.4, 0.5) is 0 Å². The summed E-state index contributed by atoms with van der Waals surface area (Å²) in [5.41, 5.74) is 3.43. The van der Waals surface area contributed by atoms with Gasteiger partial charge in [0, 0.05) is 4.88 Å². The molecule has 98 valence electrons. The van der Waals surface area contributed by atoms with Crippen LogP contribution in [0.5, 0.6) is 0 Å². The van der Waals surface area contributed by atoms with E-state index in [0.717, 1.165) is 23.4 Å². The van der Waals surface area contributed by atoms with E-state index in [1.807, 2.05) is 6.92 Å². The highest BCUT2D eigenvalue weighted by Gasteiger charge is 2.15. The van der Waals surface area contributed by atoms with Crippen LogP contribution in [0, 0.1) is 6.92 Å². The molecule has 0 bridgehead atoms. The van der Waals surface area contributed by atoms with E-state index >= 15 is 0 Å². The van der Waals surface area contributed by atoms with Gasteiger partial charge in [0.2, 0.25) is 0 Å². The lowest BCUT2D eigenvalue weighted by atomic mass is 10.2. The van der Waals surface area contributed by atoms with Gasteiger partial charge in [-0.1, -0.05) is 12.1 Å². The molecule has 0 aliphatic rings. The van der Waals surface area contributed by atoms with Crippen molar-refractivity contribution in [3.63, 3.8) is 0 Å². The van der Waals surface area contributed by atoms with E-state index in [1.165, 1.54) is 10.4 Å². The number of fused-ring (bicyclic) bond motifs is 1. The van der Waals surface area contributed by atoms with Gasteiger partial charge in [-0.3, -0.25) is 0 Å². The summed E-state index contributed by atoms with van der Waals surface area (Å²) in [6.45, 7) is 4.91. The maximum atomic E-state index is 6.28. The van der Waals surface area contributed by atoms with Crippen molar-refractivity contribution in [3.8, 4) is 0 Å². The maximum absolute atomic E-state index is 6.28. The van der Waals surface area contributed by atoms with Crippen LogP contribution in [-0.2, 0) is 6.54 Å². The minimum Gasteiger partial charge on any atom is -0.321 e. The third-order valence-corrected chi connectivity index (χ3v) is 4.24. The highest BCUT2D eigenvalue weighted by atomic mass is 35.5. The Bertz CT molecular complexity index is 698. The molecule has 2 heterocycles. The lowest BCUT2D eigenvalue weighted by molar-refractivity contribution is 0.750. The van der Waals surface area contributed by atoms with Crippen LogP contribution in [0.25, 0.3) is 11.0 Å². The lowest BCUT2D eigenvalue weighted by Gasteiger charge is -2.09. The Labute approximate surface area is 121 Å². The first-order chi connectivity index (χ1) is 9.15. The second kappa shape index (κ2) is 4.99. The summed E-state index contributed by atoms with van der Waals surface area (Å²) in [6, 6.07) is 10.6. The summed E-state index contributed by atoms with van der Waals surface area (Å²) in [6.07, 6.45) is 0. The Morgan fingerprint density at radius 3 is 2.89 bits per heavy atom. The van der Waals surface area contributed by atoms with Gasteiger partial charge in [-0.2, -0.15) is 0 Å². The van der Waals surface area contributed by atoms with Crippen LogP contribution in [0.15, 0.2) is 35.7 Å². The van der Waals surface area contributed by atoms with Crippen LogP contribution < -0.4 is 0 Å². The van der Waals surface area contributed by atoms with E-state index in [1.54, 1.807) is 11.3 Å². The van der Waals surface area contributed by atoms with Gasteiger partial charge in [-0.05, 0) is 43.0 Å². The van der Waals surface area contributed by atoms with E-state index in [2.05, 4.69) is 52.2 Å². The molecule has 1 unspecified atom stereocenters. The van der Waals surface area contributed by atoms with Crippen molar-refractivity contribution in [2.75, 3.05) is 0 Å². The Morgan fingerprint density at radius 2 is 2.21 bits per heavy atom. The van der Waals surface area contributed by atoms with Crippen molar-refractivity contribution in [1.29, 1.82) is 0 Å². The Morgan fingerprint density at radius 1 is 1.37 bits per heavy atom. The predicted molar refractivity (Wildman–Crippen MR) is 82.2 cm³/mol. The molecule has 0 saturated carbocycles. The van der Waals surface area contributed by atoms with Gasteiger partial charge in [-0.25, -0.2) is 4.98 Å². The van der Waals surface area contributed by atoms with Crippen LogP contribution in [-0.4, -0.2) is 9.55 Å². The van der Waals surface area contributed by atoms with Gasteiger partial charge in [0.25, 0.3) is 0 Å². The van der Waals surface area contributed by atoms with Crippen LogP contribution in [0.2, 0.25) is 0 Å². The number of hydrogen-bond donors (Lipinski definition) is 0. The van der Waals surface area contributed by atoms with E-state index in [9.17, 15) is 0 Å². The average molecular weight is 291 g/mol. The second-order valence-electron chi connectivity index (χ2n) is 4.74. The lowest BCUT2D eigenvalue weighted by Crippen LogP contribution is -2.04. The summed E-state index contributed by atoms with van der Waals surface area (Å²) < 4.78 is 2.23. The number of aryl methyl sites for hydroxylation is 1. The fraction of sp³-hybridized carbons (Fsp3) is 0.267. The highest BCUT2D eigenvalue weighted by molar-refractivity contribution is 7.09. The fourth-order valence-electron chi connectivity index (χ4n) is 2.28. The van der Waals surface area contributed by atoms with Gasteiger partial charge >= 0.3 is 0 Å². The minimum absolute atomic E-state index is 0.0901. The van der Waals surface area contributed by atoms with Gasteiger partial charge in [0.1, 0.15) is 5.82 Å². The molecule has 0 saturated heterocycles. The number of halogens is 1. The zero-order valence-electron chi connectivity index (χ0n) is 10.9. The first-order valence-corrected chi connectivity index (χ1v) is 7.60. The number of rotatable bonds is 3. The Hall–Kier alpha value is -1.32. The largest absolute Gasteiger partial charge is 0.321 e. The molecular formula is C15H15ClN2S. The number of thiophene rings is 1. The number of imidazole rings is 1. The van der Waals surface area contributed by atoms with Crippen molar-refractivity contribution in [3.05, 3.63) is 52.0 Å². The quantitative estimate of drug-likeness (QED) is 0.636. The maximum Gasteiger partial charge on any atom is 0.128 e. The zero-order valence-corrected chi connectivity index (χ0v) is 12.5. The first kappa shape index (κ1) is 12.7. The normalized spacial score (nSPS) is 13.0. The summed E-state index contributed by atoms with van der Waals surface area (Å²) in [5.74, 6) is 0.940. The van der Waals surface area contributed by atoms with Gasteiger partial charge < -0.3 is 4.57 Å². The number of nitrogens with zero attached hydrogens (tertiary/aromatic N) is 2. The van der Waals surface area contributed by atoms with E-state index in [4.69, 9.17) is 11.6 Å². The summed E-state index contributed by atoms with van der Waals surface area (Å²) in [5, 5.41) is 2.01. The second-order valence-corrected chi connectivity index (χ2v) is 6.43. The van der Waals surface area contributed by atoms with Crippen LogP contribution >= 0.6 is 22.9 Å². The predicted octanol–water partition coefficient (Wildman–Crippen LogP) is 4.75. The molecule has 3 aromatic rings. The fourth-order valence-corrected chi connectivity index (χ4v) is 3.14. The highest BCUT2D eigenvalue weighted by Crippen LogP contribution is 2.27. The minimum atomic E-state index is -0.0901. The van der Waals surface area contributed by atoms with Crippen molar-refractivity contribution in [2.24, 2.45) is 0 Å². The molecule has 3 rings (SSSR count). The molecule has 1 atom stereocenters. The van der Waals surface area contributed by atoms with E-state index in [0.29, 0.717) is 0 Å². The molecule has 0 radical (unpaired) electrons. The molecule has 19 heavy (non-hydrogen) atoms. The first-order valence-electron chi connectivity index (χ1n) is 6.28. The molecule has 0 N–H and O–H groups in total. The van der Waals surface area contributed by atoms with Crippen molar-refractivity contribution < 1.29 is 0 Å². The average Bonchev–Trinajstić information content (AvgIpc) is 2.98. The van der Waals surface area contributed by atoms with E-state index in [-0.39, 0.29) is 5.38 Å². The topological polar surface area (TPSA) is 17.8 Å². The third-order valence-electron chi connectivity index (χ3n) is 3.18. The molecular weight excluding hydrogens is 276 g/mol. The molecule has 1 aromatic carbocycles. The number of aromatic nitrogens is 2. The molecule has 0 fully saturated rings. The summed E-state index contributed by atoms with van der Waals surface area (Å²) in [4.78, 5) is 5.99.